The zero-order valence-corrected chi connectivity index (χ0v) is 17.9. The maximum Gasteiger partial charge on any atom is 0.336 e. The fraction of sp³-hybridized carbons (Fsp3) is 0.0625. The molecule has 1 unspecified atom stereocenters. The van der Waals surface area contributed by atoms with E-state index >= 15 is 0 Å². The summed E-state index contributed by atoms with van der Waals surface area (Å²) in [6.45, 7) is 1.71. The van der Waals surface area contributed by atoms with Gasteiger partial charge in [-0.2, -0.15) is 0 Å². The van der Waals surface area contributed by atoms with Crippen LogP contribution >= 0.6 is 66.7 Å². The van der Waals surface area contributed by atoms with E-state index < -0.39 is 14.7 Å². The van der Waals surface area contributed by atoms with E-state index in [4.69, 9.17) is 67.3 Å². The van der Waals surface area contributed by atoms with Gasteiger partial charge in [0.2, 0.25) is 8.69 Å². The average Bonchev–Trinajstić information content (AvgIpc) is 2.63. The van der Waals surface area contributed by atoms with Crippen LogP contribution in [0.2, 0.25) is 25.1 Å². The van der Waals surface area contributed by atoms with E-state index in [1.54, 1.807) is 31.2 Å². The van der Waals surface area contributed by atoms with Crippen LogP contribution in [0.25, 0.3) is 5.57 Å². The number of hydrogen-bond acceptors (Lipinski definition) is 4. The second-order valence-corrected chi connectivity index (χ2v) is 7.20. The normalized spacial score (nSPS) is 11.8. The van der Waals surface area contributed by atoms with Gasteiger partial charge in [-0.1, -0.05) is 70.1 Å². The molecule has 4 nitrogen and oxygen atoms in total. The topological polar surface area (TPSA) is 52.6 Å². The lowest BCUT2D eigenvalue weighted by Gasteiger charge is -2.11. The minimum Gasteiger partial charge on any atom is -0.447 e. The molecule has 0 heterocycles. The second-order valence-electron chi connectivity index (χ2n) is 4.89. The molecule has 0 aliphatic carbocycles. The third-order valence-corrected chi connectivity index (χ3v) is 5.81. The van der Waals surface area contributed by atoms with Crippen LogP contribution in [0, 0.1) is 0 Å². The lowest BCUT2D eigenvalue weighted by atomic mass is 10.1. The zero-order chi connectivity index (χ0) is 19.4. The molecule has 138 valence electrons. The lowest BCUT2D eigenvalue weighted by molar-refractivity contribution is -0.128. The van der Waals surface area contributed by atoms with E-state index in [-0.39, 0.29) is 30.9 Å². The summed E-state index contributed by atoms with van der Waals surface area (Å²) in [5.74, 6) is -0.438. The van der Waals surface area contributed by atoms with Gasteiger partial charge in [0.25, 0.3) is 0 Å². The Morgan fingerprint density at radius 2 is 1.42 bits per heavy atom. The highest BCUT2D eigenvalue weighted by Gasteiger charge is 2.22. The first-order valence-corrected chi connectivity index (χ1v) is 9.71. The van der Waals surface area contributed by atoms with Gasteiger partial charge in [0.15, 0.2) is 5.75 Å². The van der Waals surface area contributed by atoms with Gasteiger partial charge in [-0.3, -0.25) is 4.57 Å². The maximum atomic E-state index is 12.2. The number of benzene rings is 2. The molecule has 0 fully saturated rings. The molecule has 10 heteroatoms. The van der Waals surface area contributed by atoms with E-state index in [0.29, 0.717) is 11.3 Å². The molecule has 0 amide bonds. The van der Waals surface area contributed by atoms with Gasteiger partial charge >= 0.3 is 5.97 Å². The molecule has 0 aliphatic heterocycles. The third kappa shape index (κ3) is 4.89. The monoisotopic (exact) mass is 472 g/mol. The maximum absolute atomic E-state index is 12.2. The summed E-state index contributed by atoms with van der Waals surface area (Å²) in [7, 11) is -1.34. The molecule has 1 atom stereocenters. The molecule has 0 N–H and O–H groups in total. The van der Waals surface area contributed by atoms with E-state index in [2.05, 4.69) is 0 Å². The van der Waals surface area contributed by atoms with E-state index in [0.717, 1.165) is 5.56 Å². The molecule has 0 saturated heterocycles. The van der Waals surface area contributed by atoms with E-state index in [9.17, 15) is 9.36 Å². The Bertz CT molecular complexity index is 867. The van der Waals surface area contributed by atoms with Gasteiger partial charge < -0.3 is 9.26 Å². The Morgan fingerprint density at radius 3 is 1.92 bits per heavy atom. The molecule has 0 spiro atoms. The first-order valence-electron chi connectivity index (χ1n) is 6.88. The van der Waals surface area contributed by atoms with Crippen molar-refractivity contribution in [3.05, 3.63) is 61.0 Å². The average molecular weight is 474 g/mol. The van der Waals surface area contributed by atoms with Gasteiger partial charge in [0.1, 0.15) is 15.8 Å². The lowest BCUT2D eigenvalue weighted by Crippen LogP contribution is -2.06. The Hall–Kier alpha value is -0.870. The number of esters is 1. The van der Waals surface area contributed by atoms with Crippen molar-refractivity contribution in [2.45, 2.75) is 6.92 Å². The summed E-state index contributed by atoms with van der Waals surface area (Å²) in [5, 5.41) is -0.402. The molecule has 0 aromatic heterocycles. The highest BCUT2D eigenvalue weighted by atomic mass is 35.5. The molecule has 0 saturated carbocycles. The van der Waals surface area contributed by atoms with Crippen LogP contribution in [-0.2, 0) is 9.36 Å². The predicted molar refractivity (Wildman–Crippen MR) is 108 cm³/mol. The summed E-state index contributed by atoms with van der Waals surface area (Å²) in [5.41, 5.74) is 1.34. The smallest absolute Gasteiger partial charge is 0.336 e. The SMILES string of the molecule is CC(=CC(=O)Oc1c(Cl)c(Cl)c(Cl)c(Cl)c1Cl)c1ccc(O[PH2]=O)cc1. The molecule has 26 heavy (non-hydrogen) atoms. The Kier molecular flexibility index (Phi) is 7.72. The number of ether oxygens (including phenoxy) is 1. The summed E-state index contributed by atoms with van der Waals surface area (Å²) < 4.78 is 20.6. The van der Waals surface area contributed by atoms with Crippen molar-refractivity contribution in [1.29, 1.82) is 0 Å². The minimum atomic E-state index is -1.34. The van der Waals surface area contributed by atoms with Crippen molar-refractivity contribution in [2.75, 3.05) is 0 Å². The summed E-state index contributed by atoms with van der Waals surface area (Å²) in [4.78, 5) is 12.2. The van der Waals surface area contributed by atoms with Crippen LogP contribution in [0.3, 0.4) is 0 Å². The fourth-order valence-electron chi connectivity index (χ4n) is 1.92. The van der Waals surface area contributed by atoms with Gasteiger partial charge in [0, 0.05) is 6.08 Å². The second kappa shape index (κ2) is 9.36. The van der Waals surface area contributed by atoms with Crippen molar-refractivity contribution in [3.63, 3.8) is 0 Å². The Balaban J connectivity index is 2.25. The Morgan fingerprint density at radius 1 is 0.923 bits per heavy atom. The quantitative estimate of drug-likeness (QED) is 0.117. The Labute approximate surface area is 175 Å². The van der Waals surface area contributed by atoms with Crippen LogP contribution < -0.4 is 9.26 Å². The standard InChI is InChI=1S/C16H10Cl5O4P/c1-7(8-2-4-9(5-3-8)25-26-23)6-10(22)24-16-14(20)12(18)11(17)13(19)15(16)21/h2-6H,26H2,1H3. The largest absolute Gasteiger partial charge is 0.447 e. The van der Waals surface area contributed by atoms with Crippen molar-refractivity contribution in [2.24, 2.45) is 0 Å². The minimum absolute atomic E-state index is 0.0305. The van der Waals surface area contributed by atoms with Crippen LogP contribution in [0.5, 0.6) is 11.5 Å². The summed E-state index contributed by atoms with van der Waals surface area (Å²) in [6, 6.07) is 6.68. The van der Waals surface area contributed by atoms with Crippen LogP contribution in [0.15, 0.2) is 30.3 Å². The molecule has 2 aromatic rings. The van der Waals surface area contributed by atoms with Crippen LogP contribution in [0.1, 0.15) is 12.5 Å². The molecule has 0 aliphatic rings. The van der Waals surface area contributed by atoms with E-state index in [1.807, 2.05) is 0 Å². The van der Waals surface area contributed by atoms with Crippen molar-refractivity contribution < 1.29 is 18.6 Å². The summed E-state index contributed by atoms with van der Waals surface area (Å²) in [6.07, 6.45) is 1.25. The number of halogens is 5. The molecule has 0 bridgehead atoms. The number of rotatable bonds is 5. The van der Waals surface area contributed by atoms with E-state index in [1.165, 1.54) is 6.08 Å². The van der Waals surface area contributed by atoms with Crippen molar-refractivity contribution in [1.82, 2.24) is 0 Å². The van der Waals surface area contributed by atoms with Gasteiger partial charge in [-0.05, 0) is 30.2 Å². The highest BCUT2D eigenvalue weighted by Crippen LogP contribution is 2.48. The third-order valence-electron chi connectivity index (χ3n) is 3.20. The highest BCUT2D eigenvalue weighted by molar-refractivity contribution is 7.17. The van der Waals surface area contributed by atoms with Gasteiger partial charge in [0.05, 0.1) is 15.1 Å². The van der Waals surface area contributed by atoms with Crippen molar-refractivity contribution in [3.8, 4) is 11.5 Å². The molecule has 2 rings (SSSR count). The first kappa shape index (κ1) is 21.4. The number of hydrogen-bond donors (Lipinski definition) is 0. The zero-order valence-electron chi connectivity index (χ0n) is 13.0. The van der Waals surface area contributed by atoms with Crippen LogP contribution in [-0.4, -0.2) is 5.97 Å². The fourth-order valence-corrected chi connectivity index (χ4v) is 3.38. The summed E-state index contributed by atoms with van der Waals surface area (Å²) >= 11 is 29.8. The van der Waals surface area contributed by atoms with Gasteiger partial charge in [-0.15, -0.1) is 0 Å². The molecular weight excluding hydrogens is 464 g/mol. The number of allylic oxidation sites excluding steroid dienone is 1. The van der Waals surface area contributed by atoms with Crippen molar-refractivity contribution >= 4 is 78.2 Å². The first-order chi connectivity index (χ1) is 12.3. The van der Waals surface area contributed by atoms with Crippen LogP contribution in [0.4, 0.5) is 0 Å². The number of carbonyl (C=O) groups is 1. The predicted octanol–water partition coefficient (Wildman–Crippen LogP) is 7.01. The molecule has 2 aromatic carbocycles. The van der Waals surface area contributed by atoms with Gasteiger partial charge in [-0.25, -0.2) is 4.79 Å². The number of carbonyl (C=O) groups excluding carboxylic acids is 1. The molecule has 0 radical (unpaired) electrons. The molecular formula is C16H10Cl5O4P.